The Labute approximate surface area is 89.8 Å². The Morgan fingerprint density at radius 1 is 1.40 bits per heavy atom. The predicted octanol–water partition coefficient (Wildman–Crippen LogP) is 0.897. The molecule has 0 aliphatic carbocycles. The number of hydrogen-bond donors (Lipinski definition) is 2. The minimum Gasteiger partial charge on any atom is -0.352 e. The lowest BCUT2D eigenvalue weighted by Crippen LogP contribution is -2.31. The highest BCUT2D eigenvalue weighted by molar-refractivity contribution is 6.30. The SMILES string of the molecule is O=C1NCCc2[nH]c3nnc(Cl)cc3c21. The Bertz CT molecular complexity index is 562. The Balaban J connectivity index is 2.38. The van der Waals surface area contributed by atoms with E-state index in [1.165, 1.54) is 0 Å². The van der Waals surface area contributed by atoms with Crippen LogP contribution in [0, 0.1) is 0 Å². The van der Waals surface area contributed by atoms with Crippen LogP contribution < -0.4 is 5.32 Å². The summed E-state index contributed by atoms with van der Waals surface area (Å²) in [5.41, 5.74) is 2.17. The van der Waals surface area contributed by atoms with Gasteiger partial charge < -0.3 is 10.3 Å². The molecule has 0 fully saturated rings. The van der Waals surface area contributed by atoms with Crippen LogP contribution in [0.5, 0.6) is 0 Å². The molecule has 1 aliphatic heterocycles. The molecule has 0 atom stereocenters. The van der Waals surface area contributed by atoms with E-state index < -0.39 is 0 Å². The summed E-state index contributed by atoms with van der Waals surface area (Å²) in [6.07, 6.45) is 0.787. The van der Waals surface area contributed by atoms with Gasteiger partial charge in [0, 0.05) is 24.0 Å². The third kappa shape index (κ3) is 1.20. The summed E-state index contributed by atoms with van der Waals surface area (Å²) in [6.45, 7) is 0.653. The minimum atomic E-state index is -0.0773. The molecule has 1 aliphatic rings. The van der Waals surface area contributed by atoms with Crippen molar-refractivity contribution in [3.8, 4) is 0 Å². The molecule has 0 saturated carbocycles. The largest absolute Gasteiger partial charge is 0.352 e. The second-order valence-electron chi connectivity index (χ2n) is 3.41. The number of aromatic amines is 1. The Hall–Kier alpha value is -1.62. The second kappa shape index (κ2) is 2.93. The topological polar surface area (TPSA) is 70.7 Å². The molecule has 0 radical (unpaired) electrons. The van der Waals surface area contributed by atoms with Crippen molar-refractivity contribution in [2.75, 3.05) is 6.54 Å². The monoisotopic (exact) mass is 222 g/mol. The maximum atomic E-state index is 11.6. The van der Waals surface area contributed by atoms with Crippen molar-refractivity contribution in [1.29, 1.82) is 0 Å². The van der Waals surface area contributed by atoms with E-state index >= 15 is 0 Å². The van der Waals surface area contributed by atoms with E-state index in [-0.39, 0.29) is 5.91 Å². The number of aromatic nitrogens is 3. The van der Waals surface area contributed by atoms with E-state index in [0.29, 0.717) is 22.9 Å². The van der Waals surface area contributed by atoms with Gasteiger partial charge in [0.15, 0.2) is 10.8 Å². The summed E-state index contributed by atoms with van der Waals surface area (Å²) in [4.78, 5) is 14.7. The van der Waals surface area contributed by atoms with Crippen LogP contribution in [0.1, 0.15) is 16.1 Å². The predicted molar refractivity (Wildman–Crippen MR) is 54.9 cm³/mol. The molecular formula is C9H7ClN4O. The standard InChI is InChI=1S/C9H7ClN4O/c10-6-3-4-7-5(1-2-11-9(7)15)12-8(4)14-13-6/h3H,1-2H2,(H,11,15)(H,12,14). The first-order chi connectivity index (χ1) is 7.25. The van der Waals surface area contributed by atoms with E-state index in [4.69, 9.17) is 11.6 Å². The number of rotatable bonds is 0. The molecule has 0 spiro atoms. The molecule has 3 heterocycles. The molecular weight excluding hydrogens is 216 g/mol. The summed E-state index contributed by atoms with van der Waals surface area (Å²) in [7, 11) is 0. The van der Waals surface area contributed by atoms with Crippen LogP contribution in [-0.4, -0.2) is 27.6 Å². The molecule has 1 amide bonds. The molecule has 15 heavy (non-hydrogen) atoms. The van der Waals surface area contributed by atoms with Gasteiger partial charge in [-0.25, -0.2) is 0 Å². The Kier molecular flexibility index (Phi) is 1.70. The van der Waals surface area contributed by atoms with E-state index in [1.54, 1.807) is 6.07 Å². The molecule has 0 unspecified atom stereocenters. The van der Waals surface area contributed by atoms with Crippen LogP contribution in [0.25, 0.3) is 11.0 Å². The number of H-pyrrole nitrogens is 1. The second-order valence-corrected chi connectivity index (χ2v) is 3.80. The van der Waals surface area contributed by atoms with E-state index in [1.807, 2.05) is 0 Å². The van der Waals surface area contributed by atoms with Crippen LogP contribution >= 0.6 is 11.6 Å². The number of halogens is 1. The smallest absolute Gasteiger partial charge is 0.253 e. The number of carbonyl (C=O) groups is 1. The van der Waals surface area contributed by atoms with Crippen molar-refractivity contribution in [2.45, 2.75) is 6.42 Å². The molecule has 0 bridgehead atoms. The van der Waals surface area contributed by atoms with E-state index in [9.17, 15) is 4.79 Å². The zero-order valence-electron chi connectivity index (χ0n) is 7.67. The average molecular weight is 223 g/mol. The van der Waals surface area contributed by atoms with Gasteiger partial charge in [-0.2, -0.15) is 0 Å². The average Bonchev–Trinajstić information content (AvgIpc) is 2.57. The summed E-state index contributed by atoms with van der Waals surface area (Å²) in [5.74, 6) is -0.0773. The van der Waals surface area contributed by atoms with Crippen molar-refractivity contribution in [3.05, 3.63) is 22.5 Å². The molecule has 2 aromatic rings. The van der Waals surface area contributed by atoms with Crippen LogP contribution in [0.3, 0.4) is 0 Å². The van der Waals surface area contributed by atoms with Gasteiger partial charge in [-0.05, 0) is 6.07 Å². The normalized spacial score (nSPS) is 15.1. The Morgan fingerprint density at radius 2 is 2.27 bits per heavy atom. The van der Waals surface area contributed by atoms with Crippen LogP contribution in [0.4, 0.5) is 0 Å². The lowest BCUT2D eigenvalue weighted by molar-refractivity contribution is 0.0947. The maximum absolute atomic E-state index is 11.6. The number of carbonyl (C=O) groups excluding carboxylic acids is 1. The number of nitrogens with one attached hydrogen (secondary N) is 2. The highest BCUT2D eigenvalue weighted by atomic mass is 35.5. The summed E-state index contributed by atoms with van der Waals surface area (Å²) >= 11 is 5.75. The highest BCUT2D eigenvalue weighted by Gasteiger charge is 2.22. The zero-order valence-corrected chi connectivity index (χ0v) is 8.43. The quantitative estimate of drug-likeness (QED) is 0.696. The van der Waals surface area contributed by atoms with Crippen molar-refractivity contribution < 1.29 is 4.79 Å². The highest BCUT2D eigenvalue weighted by Crippen LogP contribution is 2.24. The molecule has 0 saturated heterocycles. The van der Waals surface area contributed by atoms with E-state index in [0.717, 1.165) is 17.5 Å². The van der Waals surface area contributed by atoms with Gasteiger partial charge in [0.1, 0.15) is 0 Å². The fraction of sp³-hybridized carbons (Fsp3) is 0.222. The summed E-state index contributed by atoms with van der Waals surface area (Å²) in [6, 6.07) is 1.66. The molecule has 76 valence electrons. The molecule has 2 aromatic heterocycles. The number of amides is 1. The van der Waals surface area contributed by atoms with Gasteiger partial charge in [-0.1, -0.05) is 11.6 Å². The first kappa shape index (κ1) is 8.67. The lowest BCUT2D eigenvalue weighted by atomic mass is 10.1. The summed E-state index contributed by atoms with van der Waals surface area (Å²) in [5, 5.41) is 11.4. The van der Waals surface area contributed by atoms with Crippen molar-refractivity contribution in [2.24, 2.45) is 0 Å². The first-order valence-corrected chi connectivity index (χ1v) is 4.95. The van der Waals surface area contributed by atoms with Crippen LogP contribution in [0.2, 0.25) is 5.15 Å². The third-order valence-corrected chi connectivity index (χ3v) is 2.68. The molecule has 3 rings (SSSR count). The van der Waals surface area contributed by atoms with Gasteiger partial charge in [0.25, 0.3) is 5.91 Å². The molecule has 0 aromatic carbocycles. The molecule has 5 nitrogen and oxygen atoms in total. The lowest BCUT2D eigenvalue weighted by Gasteiger charge is -2.11. The number of nitrogens with zero attached hydrogens (tertiary/aromatic N) is 2. The van der Waals surface area contributed by atoms with Gasteiger partial charge in [0.2, 0.25) is 0 Å². The van der Waals surface area contributed by atoms with Crippen LogP contribution in [-0.2, 0) is 6.42 Å². The van der Waals surface area contributed by atoms with Crippen LogP contribution in [0.15, 0.2) is 6.07 Å². The number of hydrogen-bond acceptors (Lipinski definition) is 3. The maximum Gasteiger partial charge on any atom is 0.253 e. The first-order valence-electron chi connectivity index (χ1n) is 4.57. The van der Waals surface area contributed by atoms with Crippen molar-refractivity contribution >= 4 is 28.5 Å². The summed E-state index contributed by atoms with van der Waals surface area (Å²) < 4.78 is 0. The number of fused-ring (bicyclic) bond motifs is 3. The van der Waals surface area contributed by atoms with Crippen molar-refractivity contribution in [1.82, 2.24) is 20.5 Å². The fourth-order valence-electron chi connectivity index (χ4n) is 1.86. The van der Waals surface area contributed by atoms with Gasteiger partial charge in [0.05, 0.1) is 5.56 Å². The fourth-order valence-corrected chi connectivity index (χ4v) is 2.00. The van der Waals surface area contributed by atoms with Gasteiger partial charge >= 0.3 is 0 Å². The van der Waals surface area contributed by atoms with E-state index in [2.05, 4.69) is 20.5 Å². The molecule has 2 N–H and O–H groups in total. The molecule has 6 heteroatoms. The van der Waals surface area contributed by atoms with Crippen molar-refractivity contribution in [3.63, 3.8) is 0 Å². The van der Waals surface area contributed by atoms with Gasteiger partial charge in [-0.15, -0.1) is 10.2 Å². The van der Waals surface area contributed by atoms with Gasteiger partial charge in [-0.3, -0.25) is 4.79 Å². The Morgan fingerprint density at radius 3 is 3.13 bits per heavy atom. The third-order valence-electron chi connectivity index (χ3n) is 2.49. The zero-order chi connectivity index (χ0) is 10.4. The minimum absolute atomic E-state index is 0.0773.